The Morgan fingerprint density at radius 2 is 1.96 bits per heavy atom. The van der Waals surface area contributed by atoms with E-state index in [1.54, 1.807) is 28.9 Å². The van der Waals surface area contributed by atoms with E-state index in [1.807, 2.05) is 37.3 Å². The third kappa shape index (κ3) is 3.57. The molecule has 2 aromatic heterocycles. The number of rotatable bonds is 4. The highest BCUT2D eigenvalue weighted by molar-refractivity contribution is 7.10. The van der Waals surface area contributed by atoms with Crippen LogP contribution in [0.25, 0.3) is 17.2 Å². The van der Waals surface area contributed by atoms with Crippen molar-refractivity contribution in [3.05, 3.63) is 70.9 Å². The van der Waals surface area contributed by atoms with Gasteiger partial charge in [0.2, 0.25) is 5.13 Å². The Bertz CT molecular complexity index is 1110. The minimum Gasteiger partial charge on any atom is -0.297 e. The van der Waals surface area contributed by atoms with Crippen LogP contribution in [0.2, 0.25) is 5.02 Å². The van der Waals surface area contributed by atoms with E-state index in [0.717, 1.165) is 22.9 Å². The molecule has 0 unspecified atom stereocenters. The fraction of sp³-hybridized carbons (Fsp3) is 0.0556. The molecule has 9 heteroatoms. The normalized spacial score (nSPS) is 10.7. The van der Waals surface area contributed by atoms with Crippen molar-refractivity contribution < 1.29 is 4.79 Å². The standard InChI is InChI=1S/C18H13ClN6OS/c1-11-15(22-24-25(11)14-8-3-2-4-9-14)16-20-18(27-23-16)21-17(26)12-6-5-7-13(19)10-12/h2-10H,1H3,(H,20,21,23,26). The van der Waals surface area contributed by atoms with E-state index in [0.29, 0.717) is 27.2 Å². The molecular weight excluding hydrogens is 384 g/mol. The van der Waals surface area contributed by atoms with E-state index < -0.39 is 0 Å². The van der Waals surface area contributed by atoms with Gasteiger partial charge in [0.15, 0.2) is 11.5 Å². The number of anilines is 1. The third-order valence-corrected chi connectivity index (χ3v) is 4.71. The molecule has 1 amide bonds. The first-order valence-electron chi connectivity index (χ1n) is 8.00. The molecule has 0 saturated carbocycles. The molecule has 0 fully saturated rings. The lowest BCUT2D eigenvalue weighted by Gasteiger charge is -2.02. The number of amides is 1. The average Bonchev–Trinajstić information content (AvgIpc) is 3.29. The van der Waals surface area contributed by atoms with Gasteiger partial charge in [-0.15, -0.1) is 5.10 Å². The van der Waals surface area contributed by atoms with Crippen LogP contribution in [0.1, 0.15) is 16.1 Å². The quantitative estimate of drug-likeness (QED) is 0.563. The monoisotopic (exact) mass is 396 g/mol. The summed E-state index contributed by atoms with van der Waals surface area (Å²) in [4.78, 5) is 16.7. The number of hydrogen-bond acceptors (Lipinski definition) is 6. The SMILES string of the molecule is Cc1c(-c2nsc(NC(=O)c3cccc(Cl)c3)n2)nnn1-c1ccccc1. The maximum Gasteiger partial charge on any atom is 0.257 e. The molecule has 0 aliphatic carbocycles. The molecule has 0 atom stereocenters. The van der Waals surface area contributed by atoms with Crippen molar-refractivity contribution in [3.63, 3.8) is 0 Å². The lowest BCUT2D eigenvalue weighted by atomic mass is 10.2. The number of nitrogens with zero attached hydrogens (tertiary/aromatic N) is 5. The maximum absolute atomic E-state index is 12.3. The highest BCUT2D eigenvalue weighted by atomic mass is 35.5. The van der Waals surface area contributed by atoms with Gasteiger partial charge in [-0.05, 0) is 37.3 Å². The molecule has 7 nitrogen and oxygen atoms in total. The van der Waals surface area contributed by atoms with Crippen molar-refractivity contribution in [2.24, 2.45) is 0 Å². The second-order valence-corrected chi connectivity index (χ2v) is 6.85. The van der Waals surface area contributed by atoms with Crippen LogP contribution < -0.4 is 5.32 Å². The Kier molecular flexibility index (Phi) is 4.66. The van der Waals surface area contributed by atoms with Crippen LogP contribution in [-0.2, 0) is 0 Å². The van der Waals surface area contributed by atoms with Gasteiger partial charge in [0.1, 0.15) is 0 Å². The fourth-order valence-electron chi connectivity index (χ4n) is 2.52. The van der Waals surface area contributed by atoms with Gasteiger partial charge in [0.25, 0.3) is 5.91 Å². The largest absolute Gasteiger partial charge is 0.297 e. The number of carbonyl (C=O) groups is 1. The summed E-state index contributed by atoms with van der Waals surface area (Å²) < 4.78 is 6.02. The smallest absolute Gasteiger partial charge is 0.257 e. The highest BCUT2D eigenvalue weighted by Gasteiger charge is 2.17. The third-order valence-electron chi connectivity index (χ3n) is 3.84. The van der Waals surface area contributed by atoms with Crippen molar-refractivity contribution in [1.82, 2.24) is 24.4 Å². The molecule has 4 aromatic rings. The first-order valence-corrected chi connectivity index (χ1v) is 9.15. The Morgan fingerprint density at radius 3 is 2.74 bits per heavy atom. The fourth-order valence-corrected chi connectivity index (χ4v) is 3.28. The lowest BCUT2D eigenvalue weighted by Crippen LogP contribution is -2.11. The summed E-state index contributed by atoms with van der Waals surface area (Å²) >= 11 is 7.01. The number of benzene rings is 2. The van der Waals surface area contributed by atoms with Gasteiger partial charge in [0, 0.05) is 22.1 Å². The van der Waals surface area contributed by atoms with Crippen LogP contribution in [0.15, 0.2) is 54.6 Å². The van der Waals surface area contributed by atoms with Crippen molar-refractivity contribution >= 4 is 34.2 Å². The Labute approximate surface area is 163 Å². The van der Waals surface area contributed by atoms with Crippen LogP contribution in [-0.4, -0.2) is 30.3 Å². The summed E-state index contributed by atoms with van der Waals surface area (Å²) in [6.45, 7) is 1.90. The molecule has 27 heavy (non-hydrogen) atoms. The number of para-hydroxylation sites is 1. The van der Waals surface area contributed by atoms with Gasteiger partial charge in [-0.25, -0.2) is 4.68 Å². The molecule has 134 valence electrons. The molecule has 0 aliphatic heterocycles. The molecule has 0 spiro atoms. The average molecular weight is 397 g/mol. The highest BCUT2D eigenvalue weighted by Crippen LogP contribution is 2.24. The van der Waals surface area contributed by atoms with E-state index >= 15 is 0 Å². The van der Waals surface area contributed by atoms with Gasteiger partial charge < -0.3 is 0 Å². The summed E-state index contributed by atoms with van der Waals surface area (Å²) in [6, 6.07) is 16.4. The van der Waals surface area contributed by atoms with Gasteiger partial charge in [0.05, 0.1) is 11.4 Å². The van der Waals surface area contributed by atoms with Crippen molar-refractivity contribution in [2.45, 2.75) is 6.92 Å². The summed E-state index contributed by atoms with van der Waals surface area (Å²) in [5.74, 6) is 0.117. The minimum absolute atomic E-state index is 0.301. The van der Waals surface area contributed by atoms with Crippen LogP contribution in [0.4, 0.5) is 5.13 Å². The molecule has 0 radical (unpaired) electrons. The Hall–Kier alpha value is -3.10. The molecule has 0 aliphatic rings. The summed E-state index contributed by atoms with van der Waals surface area (Å²) in [7, 11) is 0. The first-order chi connectivity index (χ1) is 13.1. The van der Waals surface area contributed by atoms with Gasteiger partial charge in [-0.3, -0.25) is 10.1 Å². The van der Waals surface area contributed by atoms with Crippen LogP contribution in [0.3, 0.4) is 0 Å². The molecule has 4 rings (SSSR count). The topological polar surface area (TPSA) is 85.6 Å². The van der Waals surface area contributed by atoms with E-state index in [9.17, 15) is 4.79 Å². The zero-order valence-corrected chi connectivity index (χ0v) is 15.7. The molecule has 2 heterocycles. The summed E-state index contributed by atoms with van der Waals surface area (Å²) in [5.41, 5.74) is 2.73. The zero-order valence-electron chi connectivity index (χ0n) is 14.1. The predicted molar refractivity (Wildman–Crippen MR) is 104 cm³/mol. The molecule has 2 aromatic carbocycles. The number of halogens is 1. The van der Waals surface area contributed by atoms with Gasteiger partial charge in [-0.2, -0.15) is 9.36 Å². The second-order valence-electron chi connectivity index (χ2n) is 5.66. The van der Waals surface area contributed by atoms with Crippen LogP contribution in [0, 0.1) is 6.92 Å². The molecule has 0 bridgehead atoms. The summed E-state index contributed by atoms with van der Waals surface area (Å²) in [6.07, 6.45) is 0. The van der Waals surface area contributed by atoms with Crippen LogP contribution in [0.5, 0.6) is 0 Å². The van der Waals surface area contributed by atoms with E-state index in [1.165, 1.54) is 0 Å². The lowest BCUT2D eigenvalue weighted by molar-refractivity contribution is 0.102. The van der Waals surface area contributed by atoms with E-state index in [-0.39, 0.29) is 5.91 Å². The molecule has 0 saturated heterocycles. The first kappa shape index (κ1) is 17.3. The van der Waals surface area contributed by atoms with Crippen LogP contribution >= 0.6 is 23.1 Å². The number of hydrogen-bond donors (Lipinski definition) is 1. The van der Waals surface area contributed by atoms with E-state index in [4.69, 9.17) is 11.6 Å². The minimum atomic E-state index is -0.301. The number of carbonyl (C=O) groups excluding carboxylic acids is 1. The van der Waals surface area contributed by atoms with E-state index in [2.05, 4.69) is 25.0 Å². The predicted octanol–water partition coefficient (Wildman–Crippen LogP) is 4.00. The maximum atomic E-state index is 12.3. The Morgan fingerprint density at radius 1 is 1.15 bits per heavy atom. The zero-order chi connectivity index (χ0) is 18.8. The van der Waals surface area contributed by atoms with Crippen molar-refractivity contribution in [2.75, 3.05) is 5.32 Å². The molecule has 1 N–H and O–H groups in total. The number of nitrogens with one attached hydrogen (secondary N) is 1. The Balaban J connectivity index is 1.57. The summed E-state index contributed by atoms with van der Waals surface area (Å²) in [5, 5.41) is 12.0. The number of aromatic nitrogens is 5. The van der Waals surface area contributed by atoms with Crippen molar-refractivity contribution in [1.29, 1.82) is 0 Å². The van der Waals surface area contributed by atoms with Gasteiger partial charge in [-0.1, -0.05) is 41.1 Å². The molecular formula is C18H13ClN6OS. The van der Waals surface area contributed by atoms with Crippen molar-refractivity contribution in [3.8, 4) is 17.2 Å². The second kappa shape index (κ2) is 7.26. The van der Waals surface area contributed by atoms with Gasteiger partial charge >= 0.3 is 0 Å².